The molecule has 4 fully saturated rings. The van der Waals surface area contributed by atoms with Crippen LogP contribution in [0.25, 0.3) is 11.0 Å². The maximum atomic E-state index is 14.5. The maximum absolute atomic E-state index is 14.5. The van der Waals surface area contributed by atoms with Crippen LogP contribution in [-0.4, -0.2) is 129 Å². The number of nitrogens with zero attached hydrogens (tertiary/aromatic N) is 4. The smallest absolute Gasteiger partial charge is 0.328 e. The normalized spacial score (nSPS) is 26.1. The molecule has 7 rings (SSSR count). The second-order valence-electron chi connectivity index (χ2n) is 15.8. The summed E-state index contributed by atoms with van der Waals surface area (Å²) in [5, 5.41) is 10.5. The number of esters is 1. The van der Waals surface area contributed by atoms with Gasteiger partial charge in [0.2, 0.25) is 29.5 Å². The van der Waals surface area contributed by atoms with E-state index in [1.54, 1.807) is 18.2 Å². The molecule has 4 aliphatic rings. The van der Waals surface area contributed by atoms with Crippen molar-refractivity contribution >= 4 is 58.3 Å². The van der Waals surface area contributed by atoms with Crippen molar-refractivity contribution in [1.29, 1.82) is 0 Å². The summed E-state index contributed by atoms with van der Waals surface area (Å²) >= 11 is 0. The lowest BCUT2D eigenvalue weighted by Gasteiger charge is -2.39. The zero-order valence-corrected chi connectivity index (χ0v) is 32.7. The molecule has 2 aromatic carbocycles. The number of imidazole rings is 1. The second kappa shape index (κ2) is 17.4. The largest absolute Gasteiger partial charge is 0.461 e. The number of carbonyl (C=O) groups is 7. The molecule has 4 aliphatic heterocycles. The molecule has 0 unspecified atom stereocenters. The number of aromatic amines is 1. The number of carbonyl (C=O) groups excluding carboxylic acids is 7. The Labute approximate surface area is 337 Å². The summed E-state index contributed by atoms with van der Waals surface area (Å²) in [7, 11) is 0. The van der Waals surface area contributed by atoms with Crippen LogP contribution in [0.5, 0.6) is 0 Å². The quantitative estimate of drug-likeness (QED) is 0.229. The molecule has 17 nitrogen and oxygen atoms in total. The number of hydrogen-bond donors (Lipinski definition) is 5. The van der Waals surface area contributed by atoms with Gasteiger partial charge in [-0.05, 0) is 87.3 Å². The van der Waals surface area contributed by atoms with Gasteiger partial charge in [0, 0.05) is 37.8 Å². The van der Waals surface area contributed by atoms with Crippen LogP contribution in [-0.2, 0) is 39.9 Å². The van der Waals surface area contributed by atoms with Gasteiger partial charge in [0.05, 0.1) is 17.4 Å². The summed E-state index contributed by atoms with van der Waals surface area (Å²) in [6, 6.07) is -0.471. The van der Waals surface area contributed by atoms with Gasteiger partial charge in [-0.25, -0.2) is 23.4 Å². The molecule has 0 spiro atoms. The standard InChI is InChI=1S/C40H47F2N9O8/c1-21-12-33-39(57)59-19-30(37(55)50-11-5-7-32(50)38(56)49-10-4-3-6-31(49)35(53)45-22(2)36(54)51(33)18-21)47-34(52)29(15-23-13-24(41)16-25(42)14-23)48-40(58)46-26-8-9-27-28(17-26)44-20-43-27/h8-9,13-14,16-17,20-22,29-33H,3-7,10-12,15,18-19H2,1-2H3,(H,43,44)(H,45,53)(H,47,52)(H2,46,48,58)/t21-,22-,29-,30-,31-,32-,33-/m0/s1. The minimum Gasteiger partial charge on any atom is -0.461 e. The predicted molar refractivity (Wildman–Crippen MR) is 206 cm³/mol. The van der Waals surface area contributed by atoms with E-state index in [-0.39, 0.29) is 44.0 Å². The number of nitrogens with one attached hydrogen (secondary N) is 5. The Bertz CT molecular complexity index is 2130. The third-order valence-electron chi connectivity index (χ3n) is 11.4. The Morgan fingerprint density at radius 1 is 0.881 bits per heavy atom. The fraction of sp³-hybridized carbons (Fsp3) is 0.500. The number of halogens is 2. The van der Waals surface area contributed by atoms with Crippen molar-refractivity contribution in [3.8, 4) is 0 Å². The summed E-state index contributed by atoms with van der Waals surface area (Å²) in [5.74, 6) is -6.01. The molecular formula is C40H47F2N9O8. The summed E-state index contributed by atoms with van der Waals surface area (Å²) in [4.78, 5) is 109. The van der Waals surface area contributed by atoms with E-state index in [9.17, 15) is 42.3 Å². The lowest BCUT2D eigenvalue weighted by Crippen LogP contribution is -2.62. The van der Waals surface area contributed by atoms with Crippen molar-refractivity contribution in [2.75, 3.05) is 31.6 Å². The predicted octanol–water partition coefficient (Wildman–Crippen LogP) is 1.73. The molecule has 19 heteroatoms. The minimum atomic E-state index is -1.60. The molecule has 59 heavy (non-hydrogen) atoms. The van der Waals surface area contributed by atoms with E-state index >= 15 is 0 Å². The van der Waals surface area contributed by atoms with Crippen molar-refractivity contribution in [2.24, 2.45) is 5.92 Å². The van der Waals surface area contributed by atoms with Crippen LogP contribution in [0.1, 0.15) is 57.9 Å². The fourth-order valence-electron chi connectivity index (χ4n) is 8.50. The number of H-pyrrole nitrogens is 1. The number of anilines is 1. The number of aromatic nitrogens is 2. The highest BCUT2D eigenvalue weighted by atomic mass is 19.1. The maximum Gasteiger partial charge on any atom is 0.328 e. The molecule has 4 saturated heterocycles. The number of piperidine rings is 1. The molecule has 0 saturated carbocycles. The van der Waals surface area contributed by atoms with Gasteiger partial charge in [-0.3, -0.25) is 24.0 Å². The average molecular weight is 820 g/mol. The topological polar surface area (TPSA) is 215 Å². The Hall–Kier alpha value is -6.14. The van der Waals surface area contributed by atoms with Crippen LogP contribution < -0.4 is 21.3 Å². The number of rotatable bonds is 6. The summed E-state index contributed by atoms with van der Waals surface area (Å²) in [5.41, 5.74) is 1.59. The van der Waals surface area contributed by atoms with Crippen LogP contribution in [0, 0.1) is 17.6 Å². The first-order valence-electron chi connectivity index (χ1n) is 19.9. The summed E-state index contributed by atoms with van der Waals surface area (Å²) in [6.45, 7) is 3.25. The Balaban J connectivity index is 1.18. The third kappa shape index (κ3) is 9.13. The van der Waals surface area contributed by atoms with Crippen molar-refractivity contribution in [1.82, 2.24) is 40.6 Å². The van der Waals surface area contributed by atoms with Gasteiger partial charge >= 0.3 is 12.0 Å². The van der Waals surface area contributed by atoms with E-state index in [4.69, 9.17) is 4.74 Å². The van der Waals surface area contributed by atoms with Gasteiger partial charge in [0.15, 0.2) is 0 Å². The molecule has 5 heterocycles. The van der Waals surface area contributed by atoms with Crippen LogP contribution in [0.2, 0.25) is 0 Å². The van der Waals surface area contributed by atoms with Gasteiger partial charge in [0.25, 0.3) is 0 Å². The minimum absolute atomic E-state index is 0.0105. The van der Waals surface area contributed by atoms with Crippen LogP contribution in [0.4, 0.5) is 19.3 Å². The highest BCUT2D eigenvalue weighted by molar-refractivity contribution is 5.99. The first-order chi connectivity index (χ1) is 28.2. The molecule has 0 radical (unpaired) electrons. The van der Waals surface area contributed by atoms with Crippen molar-refractivity contribution in [3.05, 3.63) is 59.9 Å². The molecule has 5 N–H and O–H groups in total. The highest BCUT2D eigenvalue weighted by Crippen LogP contribution is 2.28. The first kappa shape index (κ1) is 41.0. The van der Waals surface area contributed by atoms with Gasteiger partial charge in [-0.1, -0.05) is 6.92 Å². The van der Waals surface area contributed by atoms with Gasteiger partial charge in [-0.15, -0.1) is 0 Å². The Morgan fingerprint density at radius 3 is 2.39 bits per heavy atom. The molecule has 0 bridgehead atoms. The molecular weight excluding hydrogens is 772 g/mol. The Kier molecular flexibility index (Phi) is 12.1. The van der Waals surface area contributed by atoms with Gasteiger partial charge in [-0.2, -0.15) is 0 Å². The third-order valence-corrected chi connectivity index (χ3v) is 11.4. The van der Waals surface area contributed by atoms with E-state index < -0.39 is 102 Å². The molecule has 3 aromatic rings. The van der Waals surface area contributed by atoms with E-state index in [1.807, 2.05) is 6.92 Å². The first-order valence-corrected chi connectivity index (χ1v) is 19.9. The number of cyclic esters (lactones) is 1. The SMILES string of the molecule is C[C@H]1C[C@H]2C(=O)OC[C@H](NC(=O)[C@H](Cc3cc(F)cc(F)c3)NC(=O)Nc3ccc4[nH]cnc4c3)C(=O)N3CCC[C@H]3C(=O)N3CCCC[C@H]3C(=O)N[C@@H](C)C(=O)N2C1. The zero-order valence-electron chi connectivity index (χ0n) is 32.7. The number of ether oxygens (including phenoxy) is 1. The fourth-order valence-corrected chi connectivity index (χ4v) is 8.50. The van der Waals surface area contributed by atoms with Crippen molar-refractivity contribution < 1.29 is 47.1 Å². The number of urea groups is 1. The molecule has 314 valence electrons. The van der Waals surface area contributed by atoms with Crippen LogP contribution in [0.3, 0.4) is 0 Å². The Morgan fingerprint density at radius 2 is 1.61 bits per heavy atom. The number of benzene rings is 2. The van der Waals surface area contributed by atoms with Crippen molar-refractivity contribution in [2.45, 2.75) is 95.0 Å². The lowest BCUT2D eigenvalue weighted by molar-refractivity contribution is -0.158. The van der Waals surface area contributed by atoms with E-state index in [0.717, 1.165) is 12.1 Å². The second-order valence-corrected chi connectivity index (χ2v) is 15.8. The molecule has 0 aliphatic carbocycles. The number of amides is 7. The number of fused-ring (bicyclic) bond motifs is 4. The molecule has 1 aromatic heterocycles. The summed E-state index contributed by atoms with van der Waals surface area (Å²) < 4.78 is 34.3. The average Bonchev–Trinajstić information content (AvgIpc) is 3.97. The number of hydrogen-bond acceptors (Lipinski definition) is 9. The zero-order chi connectivity index (χ0) is 42.0. The molecule has 7 amide bonds. The van der Waals surface area contributed by atoms with E-state index in [1.165, 1.54) is 28.0 Å². The van der Waals surface area contributed by atoms with E-state index in [0.29, 0.717) is 48.5 Å². The van der Waals surface area contributed by atoms with Gasteiger partial charge in [0.1, 0.15) is 54.5 Å². The van der Waals surface area contributed by atoms with Crippen LogP contribution >= 0.6 is 0 Å². The summed E-state index contributed by atoms with van der Waals surface area (Å²) in [6.07, 6.45) is 3.63. The van der Waals surface area contributed by atoms with Crippen molar-refractivity contribution in [3.63, 3.8) is 0 Å². The highest BCUT2D eigenvalue weighted by Gasteiger charge is 2.46. The van der Waals surface area contributed by atoms with E-state index in [2.05, 4.69) is 31.2 Å². The van der Waals surface area contributed by atoms with Crippen LogP contribution in [0.15, 0.2) is 42.7 Å². The van der Waals surface area contributed by atoms with Gasteiger partial charge < -0.3 is 45.7 Å². The monoisotopic (exact) mass is 819 g/mol. The lowest BCUT2D eigenvalue weighted by atomic mass is 9.99. The molecule has 7 atom stereocenters.